The van der Waals surface area contributed by atoms with Crippen LogP contribution in [-0.4, -0.2) is 54.2 Å². The van der Waals surface area contributed by atoms with Gasteiger partial charge < -0.3 is 9.80 Å². The molecule has 3 rings (SSSR count). The lowest BCUT2D eigenvalue weighted by atomic mass is 10.2. The lowest BCUT2D eigenvalue weighted by molar-refractivity contribution is -0.385. The summed E-state index contributed by atoms with van der Waals surface area (Å²) in [5.41, 5.74) is 0.836. The van der Waals surface area contributed by atoms with Gasteiger partial charge >= 0.3 is 0 Å². The average molecular weight is 405 g/mol. The average Bonchev–Trinajstić information content (AvgIpc) is 2.67. The molecule has 0 aliphatic carbocycles. The Morgan fingerprint density at radius 3 is 2.07 bits per heavy atom. The molecule has 9 nitrogen and oxygen atoms in total. The zero-order valence-corrected chi connectivity index (χ0v) is 16.9. The van der Waals surface area contributed by atoms with Crippen molar-refractivity contribution >= 4 is 27.0 Å². The number of hydrogen-bond donors (Lipinski definition) is 0. The summed E-state index contributed by atoms with van der Waals surface area (Å²) in [7, 11) is -3.47. The van der Waals surface area contributed by atoms with Crippen molar-refractivity contribution in [1.29, 1.82) is 0 Å². The summed E-state index contributed by atoms with van der Waals surface area (Å²) in [5.74, 6) is 0.704. The summed E-state index contributed by atoms with van der Waals surface area (Å²) >= 11 is 0. The van der Waals surface area contributed by atoms with Crippen molar-refractivity contribution in [2.75, 3.05) is 36.0 Å². The van der Waals surface area contributed by atoms with E-state index in [0.717, 1.165) is 5.69 Å². The number of rotatable bonds is 4. The standard InChI is InChI=1S/C18H23N5O4S/c1-18(2,3)28(26,27)17-7-5-14(12-20-17)21-8-10-22(11-9-21)16-6-4-15(13-19-16)23(24)25/h4-7,12-13H,8-11H2,1-3H3. The van der Waals surface area contributed by atoms with Crippen molar-refractivity contribution < 1.29 is 13.3 Å². The molecule has 0 unspecified atom stereocenters. The molecule has 0 aromatic carbocycles. The highest BCUT2D eigenvalue weighted by atomic mass is 32.2. The number of sulfone groups is 1. The van der Waals surface area contributed by atoms with Gasteiger partial charge in [-0.05, 0) is 39.0 Å². The molecule has 1 fully saturated rings. The first kappa shape index (κ1) is 20.0. The van der Waals surface area contributed by atoms with Gasteiger partial charge in [-0.2, -0.15) is 0 Å². The third-order valence-corrected chi connectivity index (χ3v) is 7.12. The molecule has 2 aromatic rings. The SMILES string of the molecule is CC(C)(C)S(=O)(=O)c1ccc(N2CCN(c3ccc([N+](=O)[O-])cn3)CC2)cn1. The number of aromatic nitrogens is 2. The molecule has 0 amide bonds. The van der Waals surface area contributed by atoms with E-state index in [-0.39, 0.29) is 10.7 Å². The Hall–Kier alpha value is -2.75. The van der Waals surface area contributed by atoms with E-state index in [1.807, 2.05) is 0 Å². The lowest BCUT2D eigenvalue weighted by Gasteiger charge is -2.36. The van der Waals surface area contributed by atoms with Gasteiger partial charge in [-0.25, -0.2) is 18.4 Å². The molecule has 0 bridgehead atoms. The van der Waals surface area contributed by atoms with Gasteiger partial charge in [-0.15, -0.1) is 0 Å². The van der Waals surface area contributed by atoms with Crippen LogP contribution < -0.4 is 9.80 Å². The monoisotopic (exact) mass is 405 g/mol. The molecule has 0 atom stereocenters. The molecule has 0 radical (unpaired) electrons. The van der Waals surface area contributed by atoms with Gasteiger partial charge in [-0.1, -0.05) is 0 Å². The smallest absolute Gasteiger partial charge is 0.287 e. The van der Waals surface area contributed by atoms with Crippen molar-refractivity contribution in [3.63, 3.8) is 0 Å². The first-order chi connectivity index (χ1) is 13.1. The topological polar surface area (TPSA) is 110 Å². The summed E-state index contributed by atoms with van der Waals surface area (Å²) in [6, 6.07) is 6.44. The van der Waals surface area contributed by atoms with Crippen LogP contribution in [-0.2, 0) is 9.84 Å². The Balaban J connectivity index is 1.66. The van der Waals surface area contributed by atoms with Crippen LogP contribution in [0.4, 0.5) is 17.2 Å². The van der Waals surface area contributed by atoms with Crippen LogP contribution >= 0.6 is 0 Å². The van der Waals surface area contributed by atoms with Gasteiger partial charge in [0.1, 0.15) is 12.0 Å². The van der Waals surface area contributed by atoms with Crippen LogP contribution in [0, 0.1) is 10.1 Å². The predicted octanol–water partition coefficient (Wildman–Crippen LogP) is 2.28. The number of pyridine rings is 2. The highest BCUT2D eigenvalue weighted by Gasteiger charge is 2.32. The van der Waals surface area contributed by atoms with E-state index in [1.54, 1.807) is 45.2 Å². The minimum Gasteiger partial charge on any atom is -0.367 e. The summed E-state index contributed by atoms with van der Waals surface area (Å²) in [4.78, 5) is 22.8. The highest BCUT2D eigenvalue weighted by molar-refractivity contribution is 7.92. The molecule has 1 aliphatic heterocycles. The molecule has 1 aliphatic rings. The Morgan fingerprint density at radius 1 is 0.964 bits per heavy atom. The fourth-order valence-corrected chi connectivity index (χ4v) is 3.97. The largest absolute Gasteiger partial charge is 0.367 e. The third-order valence-electron chi connectivity index (χ3n) is 4.71. The van der Waals surface area contributed by atoms with Crippen LogP contribution in [0.2, 0.25) is 0 Å². The highest BCUT2D eigenvalue weighted by Crippen LogP contribution is 2.25. The van der Waals surface area contributed by atoms with E-state index < -0.39 is 19.5 Å². The third kappa shape index (κ3) is 3.91. The Bertz CT molecular complexity index is 945. The lowest BCUT2D eigenvalue weighted by Crippen LogP contribution is -2.46. The second kappa shape index (κ2) is 7.34. The second-order valence-corrected chi connectivity index (χ2v) is 10.2. The summed E-state index contributed by atoms with van der Waals surface area (Å²) in [6.07, 6.45) is 2.86. The minimum atomic E-state index is -3.47. The molecule has 2 aromatic heterocycles. The number of nitrogens with zero attached hydrogens (tertiary/aromatic N) is 5. The molecular formula is C18H23N5O4S. The van der Waals surface area contributed by atoms with Gasteiger partial charge in [0.2, 0.25) is 0 Å². The Morgan fingerprint density at radius 2 is 1.61 bits per heavy atom. The van der Waals surface area contributed by atoms with Crippen LogP contribution in [0.25, 0.3) is 0 Å². The van der Waals surface area contributed by atoms with E-state index in [0.29, 0.717) is 32.0 Å². The number of hydrogen-bond acceptors (Lipinski definition) is 8. The first-order valence-electron chi connectivity index (χ1n) is 8.90. The molecule has 150 valence electrons. The van der Waals surface area contributed by atoms with Crippen LogP contribution in [0.15, 0.2) is 41.7 Å². The maximum Gasteiger partial charge on any atom is 0.287 e. The summed E-state index contributed by atoms with van der Waals surface area (Å²) in [5, 5.41) is 10.8. The maximum absolute atomic E-state index is 12.5. The minimum absolute atomic E-state index is 0.0289. The van der Waals surface area contributed by atoms with E-state index in [4.69, 9.17) is 0 Å². The fourth-order valence-electron chi connectivity index (χ4n) is 2.90. The quantitative estimate of drug-likeness (QED) is 0.563. The van der Waals surface area contributed by atoms with Crippen molar-refractivity contribution in [3.8, 4) is 0 Å². The molecule has 0 saturated carbocycles. The van der Waals surface area contributed by atoms with Crippen LogP contribution in [0.5, 0.6) is 0 Å². The van der Waals surface area contributed by atoms with E-state index in [1.165, 1.54) is 12.3 Å². The normalized spacial score (nSPS) is 15.5. The summed E-state index contributed by atoms with van der Waals surface area (Å²) in [6.45, 7) is 7.80. The molecule has 0 N–H and O–H groups in total. The number of nitro groups is 1. The molecule has 28 heavy (non-hydrogen) atoms. The second-order valence-electron chi connectivity index (χ2n) is 7.58. The fraction of sp³-hybridized carbons (Fsp3) is 0.444. The molecule has 3 heterocycles. The maximum atomic E-state index is 12.5. The zero-order chi connectivity index (χ0) is 20.5. The summed E-state index contributed by atoms with van der Waals surface area (Å²) < 4.78 is 24.1. The van der Waals surface area contributed by atoms with Crippen molar-refractivity contribution in [3.05, 3.63) is 46.8 Å². The van der Waals surface area contributed by atoms with Crippen molar-refractivity contribution in [1.82, 2.24) is 9.97 Å². The number of anilines is 2. The van der Waals surface area contributed by atoms with Gasteiger partial charge in [-0.3, -0.25) is 10.1 Å². The van der Waals surface area contributed by atoms with Crippen molar-refractivity contribution in [2.45, 2.75) is 30.5 Å². The first-order valence-corrected chi connectivity index (χ1v) is 10.4. The Labute approximate surface area is 164 Å². The van der Waals surface area contributed by atoms with Gasteiger partial charge in [0, 0.05) is 32.2 Å². The van der Waals surface area contributed by atoms with E-state index >= 15 is 0 Å². The van der Waals surface area contributed by atoms with E-state index in [9.17, 15) is 18.5 Å². The van der Waals surface area contributed by atoms with Gasteiger partial charge in [0.15, 0.2) is 14.9 Å². The molecule has 10 heteroatoms. The molecule has 0 spiro atoms. The number of piperazine rings is 1. The van der Waals surface area contributed by atoms with Gasteiger partial charge in [0.05, 0.1) is 21.6 Å². The Kier molecular flexibility index (Phi) is 5.24. The molecular weight excluding hydrogens is 382 g/mol. The predicted molar refractivity (Wildman–Crippen MR) is 106 cm³/mol. The molecule has 1 saturated heterocycles. The van der Waals surface area contributed by atoms with Crippen molar-refractivity contribution in [2.24, 2.45) is 0 Å². The van der Waals surface area contributed by atoms with Crippen LogP contribution in [0.3, 0.4) is 0 Å². The van der Waals surface area contributed by atoms with Crippen LogP contribution in [0.1, 0.15) is 20.8 Å². The van der Waals surface area contributed by atoms with E-state index in [2.05, 4.69) is 19.8 Å². The zero-order valence-electron chi connectivity index (χ0n) is 16.1. The van der Waals surface area contributed by atoms with Gasteiger partial charge in [0.25, 0.3) is 5.69 Å².